The van der Waals surface area contributed by atoms with Crippen molar-refractivity contribution in [1.29, 1.82) is 0 Å². The van der Waals surface area contributed by atoms with Crippen molar-refractivity contribution in [3.05, 3.63) is 23.4 Å². The highest BCUT2D eigenvalue weighted by molar-refractivity contribution is 5.93. The minimum absolute atomic E-state index is 0.0952. The molecule has 7 heteroatoms. The van der Waals surface area contributed by atoms with E-state index in [1.54, 1.807) is 6.07 Å². The maximum absolute atomic E-state index is 12.8. The predicted molar refractivity (Wildman–Crippen MR) is 98.4 cm³/mol. The van der Waals surface area contributed by atoms with Crippen LogP contribution in [0, 0.1) is 11.8 Å². The topological polar surface area (TPSA) is 104 Å². The van der Waals surface area contributed by atoms with Crippen LogP contribution in [-0.4, -0.2) is 42.7 Å². The Morgan fingerprint density at radius 2 is 2.07 bits per heavy atom. The number of primary amides is 1. The molecule has 3 fully saturated rings. The Morgan fingerprint density at radius 3 is 2.70 bits per heavy atom. The van der Waals surface area contributed by atoms with E-state index < -0.39 is 5.91 Å². The normalized spacial score (nSPS) is 23.0. The van der Waals surface area contributed by atoms with Gasteiger partial charge in [0.2, 0.25) is 11.8 Å². The number of nitrogens with one attached hydrogen (secondary N) is 1. The molecule has 7 nitrogen and oxygen atoms in total. The van der Waals surface area contributed by atoms with Gasteiger partial charge in [-0.2, -0.15) is 0 Å². The lowest BCUT2D eigenvalue weighted by Crippen LogP contribution is -2.43. The van der Waals surface area contributed by atoms with Crippen molar-refractivity contribution < 1.29 is 19.1 Å². The zero-order valence-corrected chi connectivity index (χ0v) is 15.5. The summed E-state index contributed by atoms with van der Waals surface area (Å²) in [5.41, 5.74) is 6.79. The molecule has 2 heterocycles. The standard InChI is InChI=1S/C20H27N3O4/c21-18(24)9-17(14-7-8-26-11-14)22-19(25)16-6-5-15(13-3-4-13)20(23-16)27-10-12-1-2-12/h5-6,12-14,17H,1-4,7-11H2,(H2,21,24)(H,22,25). The SMILES string of the molecule is NC(=O)CC(NC(=O)c1ccc(C2CC2)c(OCC2CC2)n1)C1CCOC1. The van der Waals surface area contributed by atoms with E-state index in [1.807, 2.05) is 6.07 Å². The molecule has 2 amide bonds. The number of pyridine rings is 1. The number of nitrogens with zero attached hydrogens (tertiary/aromatic N) is 1. The first-order valence-electron chi connectivity index (χ1n) is 9.91. The van der Waals surface area contributed by atoms with Crippen LogP contribution < -0.4 is 15.8 Å². The van der Waals surface area contributed by atoms with E-state index in [4.69, 9.17) is 15.2 Å². The second kappa shape index (κ2) is 7.84. The van der Waals surface area contributed by atoms with Gasteiger partial charge < -0.3 is 20.5 Å². The molecule has 2 saturated carbocycles. The number of rotatable bonds is 9. The second-order valence-corrected chi connectivity index (χ2v) is 7.99. The van der Waals surface area contributed by atoms with Gasteiger partial charge >= 0.3 is 0 Å². The van der Waals surface area contributed by atoms with E-state index >= 15 is 0 Å². The molecule has 27 heavy (non-hydrogen) atoms. The van der Waals surface area contributed by atoms with Crippen LogP contribution in [0.5, 0.6) is 5.88 Å². The Bertz CT molecular complexity index is 709. The zero-order valence-electron chi connectivity index (χ0n) is 15.5. The van der Waals surface area contributed by atoms with Crippen LogP contribution in [0.1, 0.15) is 60.5 Å². The highest BCUT2D eigenvalue weighted by Crippen LogP contribution is 2.44. The van der Waals surface area contributed by atoms with Crippen molar-refractivity contribution in [3.63, 3.8) is 0 Å². The fourth-order valence-electron chi connectivity index (χ4n) is 3.54. The molecule has 2 unspecified atom stereocenters. The summed E-state index contributed by atoms with van der Waals surface area (Å²) >= 11 is 0. The number of carbonyl (C=O) groups is 2. The number of aromatic nitrogens is 1. The van der Waals surface area contributed by atoms with Gasteiger partial charge in [-0.3, -0.25) is 9.59 Å². The molecule has 3 N–H and O–H groups in total. The van der Waals surface area contributed by atoms with Gasteiger partial charge in [0.1, 0.15) is 5.69 Å². The van der Waals surface area contributed by atoms with Gasteiger partial charge in [0.25, 0.3) is 5.91 Å². The van der Waals surface area contributed by atoms with Crippen LogP contribution in [0.4, 0.5) is 0 Å². The molecule has 0 spiro atoms. The smallest absolute Gasteiger partial charge is 0.270 e. The van der Waals surface area contributed by atoms with Crippen molar-refractivity contribution in [2.24, 2.45) is 17.6 Å². The Hall–Kier alpha value is -2.15. The Balaban J connectivity index is 1.47. The molecule has 2 atom stereocenters. The Morgan fingerprint density at radius 1 is 1.26 bits per heavy atom. The highest BCUT2D eigenvalue weighted by Gasteiger charge is 2.31. The molecule has 0 bridgehead atoms. The van der Waals surface area contributed by atoms with Gasteiger partial charge in [0.15, 0.2) is 0 Å². The van der Waals surface area contributed by atoms with Crippen molar-refractivity contribution in [2.75, 3.05) is 19.8 Å². The molecule has 2 aliphatic carbocycles. The van der Waals surface area contributed by atoms with Gasteiger partial charge in [-0.1, -0.05) is 6.07 Å². The number of nitrogens with two attached hydrogens (primary N) is 1. The monoisotopic (exact) mass is 373 g/mol. The van der Waals surface area contributed by atoms with Gasteiger partial charge in [-0.05, 0) is 50.0 Å². The van der Waals surface area contributed by atoms with Crippen LogP contribution in [0.2, 0.25) is 0 Å². The van der Waals surface area contributed by atoms with Gasteiger partial charge in [-0.25, -0.2) is 4.98 Å². The minimum Gasteiger partial charge on any atom is -0.477 e. The lowest BCUT2D eigenvalue weighted by Gasteiger charge is -2.22. The van der Waals surface area contributed by atoms with E-state index in [-0.39, 0.29) is 24.3 Å². The van der Waals surface area contributed by atoms with Crippen molar-refractivity contribution in [3.8, 4) is 5.88 Å². The van der Waals surface area contributed by atoms with E-state index in [0.29, 0.717) is 43.2 Å². The summed E-state index contributed by atoms with van der Waals surface area (Å²) in [7, 11) is 0. The fraction of sp³-hybridized carbons (Fsp3) is 0.650. The van der Waals surface area contributed by atoms with Gasteiger partial charge in [-0.15, -0.1) is 0 Å². The summed E-state index contributed by atoms with van der Waals surface area (Å²) in [6, 6.07) is 3.38. The van der Waals surface area contributed by atoms with E-state index in [0.717, 1.165) is 24.8 Å². The number of ether oxygens (including phenoxy) is 2. The third-order valence-electron chi connectivity index (χ3n) is 5.56. The highest BCUT2D eigenvalue weighted by atomic mass is 16.5. The summed E-state index contributed by atoms with van der Waals surface area (Å²) in [4.78, 5) is 28.7. The lowest BCUT2D eigenvalue weighted by molar-refractivity contribution is -0.118. The first kappa shape index (κ1) is 18.2. The third kappa shape index (κ3) is 4.77. The molecular formula is C20H27N3O4. The Labute approximate surface area is 159 Å². The van der Waals surface area contributed by atoms with E-state index in [2.05, 4.69) is 10.3 Å². The lowest BCUT2D eigenvalue weighted by atomic mass is 9.95. The van der Waals surface area contributed by atoms with Crippen LogP contribution in [0.3, 0.4) is 0 Å². The van der Waals surface area contributed by atoms with Crippen molar-refractivity contribution >= 4 is 11.8 Å². The molecule has 0 aromatic carbocycles. The molecule has 0 radical (unpaired) electrons. The third-order valence-corrected chi connectivity index (χ3v) is 5.56. The average Bonchev–Trinajstić information content (AvgIpc) is 3.58. The molecule has 1 aliphatic heterocycles. The first-order chi connectivity index (χ1) is 13.1. The van der Waals surface area contributed by atoms with Crippen LogP contribution in [0.15, 0.2) is 12.1 Å². The minimum atomic E-state index is -0.433. The molecule has 1 saturated heterocycles. The summed E-state index contributed by atoms with van der Waals surface area (Å²) in [5.74, 6) is 1.08. The molecular weight excluding hydrogens is 346 g/mol. The first-order valence-corrected chi connectivity index (χ1v) is 9.91. The quantitative estimate of drug-likeness (QED) is 0.686. The molecule has 1 aromatic heterocycles. The number of carbonyl (C=O) groups excluding carboxylic acids is 2. The van der Waals surface area contributed by atoms with Crippen LogP contribution >= 0.6 is 0 Å². The summed E-state index contributed by atoms with van der Waals surface area (Å²) in [5, 5.41) is 2.94. The average molecular weight is 373 g/mol. The number of hydrogen-bond donors (Lipinski definition) is 2. The van der Waals surface area contributed by atoms with Gasteiger partial charge in [0, 0.05) is 30.6 Å². The molecule has 1 aromatic rings. The second-order valence-electron chi connectivity index (χ2n) is 7.99. The van der Waals surface area contributed by atoms with Crippen molar-refractivity contribution in [1.82, 2.24) is 10.3 Å². The molecule has 146 valence electrons. The number of amides is 2. The molecule has 4 rings (SSSR count). The fourth-order valence-corrected chi connectivity index (χ4v) is 3.54. The summed E-state index contributed by atoms with van der Waals surface area (Å²) < 4.78 is 11.3. The maximum atomic E-state index is 12.8. The Kier molecular flexibility index (Phi) is 5.29. The maximum Gasteiger partial charge on any atom is 0.270 e. The number of hydrogen-bond acceptors (Lipinski definition) is 5. The van der Waals surface area contributed by atoms with Crippen molar-refractivity contribution in [2.45, 2.75) is 50.5 Å². The predicted octanol–water partition coefficient (Wildman–Crippen LogP) is 1.76. The molecule has 3 aliphatic rings. The van der Waals surface area contributed by atoms with Crippen LogP contribution in [-0.2, 0) is 9.53 Å². The van der Waals surface area contributed by atoms with E-state index in [1.165, 1.54) is 12.8 Å². The van der Waals surface area contributed by atoms with Crippen LogP contribution in [0.25, 0.3) is 0 Å². The zero-order chi connectivity index (χ0) is 18.8. The summed E-state index contributed by atoms with van der Waals surface area (Å²) in [6.45, 7) is 1.84. The van der Waals surface area contributed by atoms with Gasteiger partial charge in [0.05, 0.1) is 13.2 Å². The van der Waals surface area contributed by atoms with E-state index in [9.17, 15) is 9.59 Å². The summed E-state index contributed by atoms with van der Waals surface area (Å²) in [6.07, 6.45) is 5.62. The largest absolute Gasteiger partial charge is 0.477 e.